The minimum atomic E-state index is -2.00. The quantitative estimate of drug-likeness (QED) is 0.163. The number of aliphatic hydroxyl groups is 1. The molecule has 33 heavy (non-hydrogen) atoms. The first-order chi connectivity index (χ1) is 16.0. The van der Waals surface area contributed by atoms with E-state index in [9.17, 15) is 19.5 Å². The number of ketones is 1. The van der Waals surface area contributed by atoms with Gasteiger partial charge in [0.15, 0.2) is 5.75 Å². The number of esters is 1. The average Bonchev–Trinajstić information content (AvgIpc) is 3.38. The van der Waals surface area contributed by atoms with Crippen molar-refractivity contribution in [2.75, 3.05) is 4.90 Å². The van der Waals surface area contributed by atoms with E-state index in [-0.39, 0.29) is 17.0 Å². The second kappa shape index (κ2) is 6.67. The number of carbonyl (C=O) groups is 3. The molecule has 3 heterocycles. The van der Waals surface area contributed by atoms with Crippen LogP contribution in [0.1, 0.15) is 11.1 Å². The molecular weight excluding hydrogens is 420 g/mol. The molecule has 1 fully saturated rings. The summed E-state index contributed by atoms with van der Waals surface area (Å²) in [6, 6.07) is 22.1. The van der Waals surface area contributed by atoms with Crippen molar-refractivity contribution in [3.8, 4) is 5.75 Å². The lowest BCUT2D eigenvalue weighted by atomic mass is 9.79. The van der Waals surface area contributed by atoms with E-state index in [0.717, 1.165) is 4.90 Å². The van der Waals surface area contributed by atoms with Gasteiger partial charge >= 0.3 is 11.9 Å². The number of carbonyl (C=O) groups excluding carboxylic acids is 3. The zero-order valence-corrected chi connectivity index (χ0v) is 17.1. The van der Waals surface area contributed by atoms with Gasteiger partial charge in [-0.25, -0.2) is 4.79 Å². The van der Waals surface area contributed by atoms with Crippen molar-refractivity contribution in [3.05, 3.63) is 102 Å². The maximum atomic E-state index is 13.8. The standard InChI is InChI=1S/C26H16N2O5/c29-22(15-8-2-1-3-9-15)21-23(30)24(31)28-19-12-6-7-13-20(19)33-25(32)26(21,28)17-14-27-18-11-5-4-10-16(17)18/h1-14,27,29H/b22-21-. The Hall–Kier alpha value is -4.65. The van der Waals surface area contributed by atoms with Gasteiger partial charge in [-0.05, 0) is 18.2 Å². The van der Waals surface area contributed by atoms with E-state index in [2.05, 4.69) is 4.98 Å². The van der Waals surface area contributed by atoms with Crippen molar-refractivity contribution in [1.29, 1.82) is 0 Å². The van der Waals surface area contributed by atoms with Crippen LogP contribution < -0.4 is 9.64 Å². The largest absolute Gasteiger partial charge is 0.507 e. The van der Waals surface area contributed by atoms with Gasteiger partial charge in [-0.1, -0.05) is 60.7 Å². The third-order valence-electron chi connectivity index (χ3n) is 6.19. The van der Waals surface area contributed by atoms with Crippen LogP contribution in [-0.4, -0.2) is 27.8 Å². The van der Waals surface area contributed by atoms with Gasteiger partial charge in [-0.15, -0.1) is 0 Å². The minimum Gasteiger partial charge on any atom is -0.507 e. The monoisotopic (exact) mass is 436 g/mol. The predicted molar refractivity (Wildman–Crippen MR) is 121 cm³/mol. The molecule has 2 N–H and O–H groups in total. The molecule has 0 radical (unpaired) electrons. The van der Waals surface area contributed by atoms with Gasteiger partial charge in [0.2, 0.25) is 5.54 Å². The Morgan fingerprint density at radius 3 is 2.39 bits per heavy atom. The molecule has 0 spiro atoms. The van der Waals surface area contributed by atoms with Crippen LogP contribution in [0.2, 0.25) is 0 Å². The lowest BCUT2D eigenvalue weighted by Crippen LogP contribution is -2.55. The van der Waals surface area contributed by atoms with Crippen LogP contribution in [0, 0.1) is 0 Å². The first-order valence-electron chi connectivity index (χ1n) is 10.3. The molecule has 1 unspecified atom stereocenters. The van der Waals surface area contributed by atoms with Crippen LogP contribution in [0.15, 0.2) is 90.6 Å². The first-order valence-corrected chi connectivity index (χ1v) is 10.3. The summed E-state index contributed by atoms with van der Waals surface area (Å²) < 4.78 is 5.69. The summed E-state index contributed by atoms with van der Waals surface area (Å²) in [5, 5.41) is 11.9. The van der Waals surface area contributed by atoms with E-state index < -0.39 is 29.0 Å². The van der Waals surface area contributed by atoms with Crippen LogP contribution in [0.4, 0.5) is 5.69 Å². The van der Waals surface area contributed by atoms with Gasteiger partial charge < -0.3 is 14.8 Å². The van der Waals surface area contributed by atoms with E-state index >= 15 is 0 Å². The van der Waals surface area contributed by atoms with Gasteiger partial charge in [0.1, 0.15) is 5.76 Å². The molecule has 3 aromatic carbocycles. The Morgan fingerprint density at radius 1 is 0.879 bits per heavy atom. The maximum absolute atomic E-state index is 13.8. The predicted octanol–water partition coefficient (Wildman–Crippen LogP) is 3.87. The number of hydrogen-bond donors (Lipinski definition) is 2. The number of rotatable bonds is 2. The van der Waals surface area contributed by atoms with Gasteiger partial charge in [-0.2, -0.15) is 0 Å². The number of nitrogens with zero attached hydrogens (tertiary/aromatic N) is 1. The number of aromatic amines is 1. The van der Waals surface area contributed by atoms with Crippen molar-refractivity contribution < 1.29 is 24.2 Å². The third-order valence-corrected chi connectivity index (χ3v) is 6.19. The number of aromatic nitrogens is 1. The number of Topliss-reactive ketones (excluding diaryl/α,β-unsaturated/α-hetero) is 1. The van der Waals surface area contributed by atoms with E-state index in [1.54, 1.807) is 72.9 Å². The minimum absolute atomic E-state index is 0.166. The molecule has 160 valence electrons. The highest BCUT2D eigenvalue weighted by Gasteiger charge is 2.67. The molecule has 0 aliphatic carbocycles. The number of aliphatic hydroxyl groups excluding tert-OH is 1. The molecule has 1 amide bonds. The van der Waals surface area contributed by atoms with Gasteiger partial charge in [0.25, 0.3) is 5.78 Å². The Labute approximate surface area is 187 Å². The van der Waals surface area contributed by atoms with E-state index in [1.165, 1.54) is 0 Å². The zero-order chi connectivity index (χ0) is 22.7. The Morgan fingerprint density at radius 2 is 1.58 bits per heavy atom. The normalized spacial score (nSPS) is 21.1. The zero-order valence-electron chi connectivity index (χ0n) is 17.1. The van der Waals surface area contributed by atoms with Crippen LogP contribution in [0.3, 0.4) is 0 Å². The summed E-state index contributed by atoms with van der Waals surface area (Å²) in [6.07, 6.45) is 1.58. The van der Waals surface area contributed by atoms with Crippen LogP contribution in [0.25, 0.3) is 16.7 Å². The Balaban J connectivity index is 1.78. The molecule has 7 heteroatoms. The highest BCUT2D eigenvalue weighted by molar-refractivity contribution is 6.55. The van der Waals surface area contributed by atoms with Crippen molar-refractivity contribution in [2.24, 2.45) is 0 Å². The third kappa shape index (κ3) is 2.36. The number of ether oxygens (including phenoxy) is 1. The summed E-state index contributed by atoms with van der Waals surface area (Å²) in [7, 11) is 0. The number of benzene rings is 3. The number of fused-ring (bicyclic) bond motifs is 4. The number of H-pyrrole nitrogens is 1. The van der Waals surface area contributed by atoms with Crippen molar-refractivity contribution in [1.82, 2.24) is 4.98 Å². The molecule has 1 aromatic heterocycles. The molecule has 2 aliphatic heterocycles. The molecule has 2 aliphatic rings. The molecule has 6 rings (SSSR count). The van der Waals surface area contributed by atoms with Crippen molar-refractivity contribution >= 4 is 40.0 Å². The first kappa shape index (κ1) is 19.1. The second-order valence-electron chi connectivity index (χ2n) is 7.87. The summed E-state index contributed by atoms with van der Waals surface area (Å²) in [6.45, 7) is 0. The summed E-state index contributed by atoms with van der Waals surface area (Å²) in [5.74, 6) is -3.00. The van der Waals surface area contributed by atoms with Gasteiger partial charge in [-0.3, -0.25) is 14.5 Å². The smallest absolute Gasteiger partial charge is 0.347 e. The number of nitrogens with one attached hydrogen (secondary N) is 1. The van der Waals surface area contributed by atoms with Crippen LogP contribution in [-0.2, 0) is 19.9 Å². The summed E-state index contributed by atoms with van der Waals surface area (Å²) in [4.78, 5) is 45.0. The van der Waals surface area contributed by atoms with Crippen LogP contribution in [0.5, 0.6) is 5.75 Å². The van der Waals surface area contributed by atoms with Crippen molar-refractivity contribution in [2.45, 2.75) is 5.54 Å². The summed E-state index contributed by atoms with van der Waals surface area (Å²) in [5.41, 5.74) is -0.698. The van der Waals surface area contributed by atoms with Crippen molar-refractivity contribution in [3.63, 3.8) is 0 Å². The molecule has 1 saturated heterocycles. The number of hydrogen-bond acceptors (Lipinski definition) is 5. The molecular formula is C26H16N2O5. The Kier molecular flexibility index (Phi) is 3.85. The lowest BCUT2D eigenvalue weighted by molar-refractivity contribution is -0.141. The maximum Gasteiger partial charge on any atom is 0.347 e. The second-order valence-corrected chi connectivity index (χ2v) is 7.87. The highest BCUT2D eigenvalue weighted by Crippen LogP contribution is 2.54. The van der Waals surface area contributed by atoms with Gasteiger partial charge in [0.05, 0.1) is 11.3 Å². The highest BCUT2D eigenvalue weighted by atomic mass is 16.5. The lowest BCUT2D eigenvalue weighted by Gasteiger charge is -2.40. The fourth-order valence-corrected chi connectivity index (χ4v) is 4.78. The number of anilines is 1. The SMILES string of the molecule is O=C1C(=O)N2c3ccccc3OC(=O)C2(c2c[nH]c3ccccc23)/C1=C(\O)c1ccccc1. The van der Waals surface area contributed by atoms with Gasteiger partial charge in [0, 0.05) is 28.2 Å². The molecule has 0 bridgehead atoms. The molecule has 4 aromatic rings. The van der Waals surface area contributed by atoms with E-state index in [0.29, 0.717) is 22.0 Å². The van der Waals surface area contributed by atoms with E-state index in [4.69, 9.17) is 4.74 Å². The number of amides is 1. The fourth-order valence-electron chi connectivity index (χ4n) is 4.78. The summed E-state index contributed by atoms with van der Waals surface area (Å²) >= 11 is 0. The van der Waals surface area contributed by atoms with Crippen LogP contribution >= 0.6 is 0 Å². The van der Waals surface area contributed by atoms with E-state index in [1.807, 2.05) is 12.1 Å². The fraction of sp³-hybridized carbons (Fsp3) is 0.0385. The molecule has 0 saturated carbocycles. The average molecular weight is 436 g/mol. The Bertz CT molecular complexity index is 1520. The topological polar surface area (TPSA) is 99.7 Å². The molecule has 7 nitrogen and oxygen atoms in total. The number of para-hydroxylation sites is 3. The molecule has 1 atom stereocenters.